The molecule has 3 aromatic rings. The fraction of sp³-hybridized carbons (Fsp3) is 0.269. The molecule has 1 fully saturated rings. The van der Waals surface area contributed by atoms with Crippen molar-refractivity contribution < 1.29 is 9.53 Å². The Labute approximate surface area is 184 Å². The maximum absolute atomic E-state index is 12.6. The van der Waals surface area contributed by atoms with Crippen LogP contribution in [0, 0.1) is 0 Å². The largest absolute Gasteiger partial charge is 0.497 e. The molecule has 1 saturated heterocycles. The molecule has 160 valence electrons. The van der Waals surface area contributed by atoms with Crippen LogP contribution in [0.1, 0.15) is 21.5 Å². The van der Waals surface area contributed by atoms with Gasteiger partial charge in [-0.05, 0) is 35.4 Å². The number of anilines is 1. The number of ether oxygens (including phenoxy) is 1. The number of benzene rings is 3. The van der Waals surface area contributed by atoms with E-state index in [-0.39, 0.29) is 5.91 Å². The van der Waals surface area contributed by atoms with Crippen LogP contribution in [0.5, 0.6) is 5.75 Å². The molecule has 5 heteroatoms. The van der Waals surface area contributed by atoms with E-state index >= 15 is 0 Å². The summed E-state index contributed by atoms with van der Waals surface area (Å²) in [6.45, 7) is 5.32. The third-order valence-electron chi connectivity index (χ3n) is 5.68. The summed E-state index contributed by atoms with van der Waals surface area (Å²) in [5, 5.41) is 3.01. The predicted molar refractivity (Wildman–Crippen MR) is 125 cm³/mol. The number of amides is 1. The number of methoxy groups -OCH3 is 1. The highest BCUT2D eigenvalue weighted by Gasteiger charge is 2.18. The lowest BCUT2D eigenvalue weighted by Crippen LogP contribution is -2.46. The lowest BCUT2D eigenvalue weighted by molar-refractivity contribution is 0.0950. The van der Waals surface area contributed by atoms with Crippen LogP contribution in [0.3, 0.4) is 0 Å². The summed E-state index contributed by atoms with van der Waals surface area (Å²) in [6, 6.07) is 26.2. The van der Waals surface area contributed by atoms with Gasteiger partial charge in [-0.3, -0.25) is 9.69 Å². The highest BCUT2D eigenvalue weighted by atomic mass is 16.5. The predicted octanol–water partition coefficient (Wildman–Crippen LogP) is 3.95. The van der Waals surface area contributed by atoms with Gasteiger partial charge in [0.1, 0.15) is 5.75 Å². The van der Waals surface area contributed by atoms with Crippen molar-refractivity contribution in [1.29, 1.82) is 0 Å². The van der Waals surface area contributed by atoms with Gasteiger partial charge in [-0.2, -0.15) is 0 Å². The molecule has 0 atom stereocenters. The molecule has 0 saturated carbocycles. The van der Waals surface area contributed by atoms with Crippen LogP contribution < -0.4 is 15.0 Å². The van der Waals surface area contributed by atoms with Crippen LogP contribution in [0.2, 0.25) is 0 Å². The minimum absolute atomic E-state index is 0.0338. The molecule has 1 amide bonds. The molecule has 1 N–H and O–H groups in total. The van der Waals surface area contributed by atoms with Gasteiger partial charge in [0.05, 0.1) is 7.11 Å². The standard InChI is InChI=1S/C26H29N3O2/c1-31-25-12-6-11-24(18-25)29-15-13-28(14-16-29)20-22-9-5-10-23(17-22)26(30)27-19-21-7-3-2-4-8-21/h2-12,17-18H,13-16,19-20H2,1H3,(H,27,30). The number of rotatable bonds is 7. The lowest BCUT2D eigenvalue weighted by atomic mass is 10.1. The van der Waals surface area contributed by atoms with Gasteiger partial charge in [0, 0.05) is 56.6 Å². The Balaban J connectivity index is 1.30. The first kappa shape index (κ1) is 20.9. The fourth-order valence-electron chi connectivity index (χ4n) is 3.92. The fourth-order valence-corrected chi connectivity index (χ4v) is 3.92. The molecule has 3 aromatic carbocycles. The second-order valence-corrected chi connectivity index (χ2v) is 7.83. The Bertz CT molecular complexity index is 998. The van der Waals surface area contributed by atoms with E-state index in [1.165, 1.54) is 11.3 Å². The van der Waals surface area contributed by atoms with Crippen molar-refractivity contribution in [2.45, 2.75) is 13.1 Å². The molecule has 1 aliphatic rings. The van der Waals surface area contributed by atoms with E-state index in [4.69, 9.17) is 4.74 Å². The summed E-state index contributed by atoms with van der Waals surface area (Å²) in [6.07, 6.45) is 0. The molecule has 0 aromatic heterocycles. The topological polar surface area (TPSA) is 44.8 Å². The SMILES string of the molecule is COc1cccc(N2CCN(Cc3cccc(C(=O)NCc4ccccc4)c3)CC2)c1. The molecule has 0 unspecified atom stereocenters. The average molecular weight is 416 g/mol. The maximum Gasteiger partial charge on any atom is 0.251 e. The first-order valence-corrected chi connectivity index (χ1v) is 10.7. The van der Waals surface area contributed by atoms with E-state index in [0.29, 0.717) is 12.1 Å². The second kappa shape index (κ2) is 10.1. The van der Waals surface area contributed by atoms with E-state index in [2.05, 4.69) is 33.3 Å². The summed E-state index contributed by atoms with van der Waals surface area (Å²) in [4.78, 5) is 17.4. The Kier molecular flexibility index (Phi) is 6.85. The van der Waals surface area contributed by atoms with E-state index in [0.717, 1.165) is 44.0 Å². The van der Waals surface area contributed by atoms with Crippen LogP contribution in [0.4, 0.5) is 5.69 Å². The minimum atomic E-state index is -0.0338. The quantitative estimate of drug-likeness (QED) is 0.635. The van der Waals surface area contributed by atoms with Gasteiger partial charge in [0.15, 0.2) is 0 Å². The second-order valence-electron chi connectivity index (χ2n) is 7.83. The summed E-state index contributed by atoms with van der Waals surface area (Å²) in [5.41, 5.74) is 4.18. The summed E-state index contributed by atoms with van der Waals surface area (Å²) >= 11 is 0. The third kappa shape index (κ3) is 5.64. The monoisotopic (exact) mass is 415 g/mol. The highest BCUT2D eigenvalue weighted by molar-refractivity contribution is 5.94. The van der Waals surface area contributed by atoms with E-state index in [9.17, 15) is 4.79 Å². The number of nitrogens with zero attached hydrogens (tertiary/aromatic N) is 2. The van der Waals surface area contributed by atoms with Crippen LogP contribution in [-0.4, -0.2) is 44.1 Å². The van der Waals surface area contributed by atoms with Gasteiger partial charge >= 0.3 is 0 Å². The van der Waals surface area contributed by atoms with Gasteiger partial charge in [-0.1, -0.05) is 48.5 Å². The zero-order valence-electron chi connectivity index (χ0n) is 18.0. The van der Waals surface area contributed by atoms with Crippen molar-refractivity contribution in [3.8, 4) is 5.75 Å². The summed E-state index contributed by atoms with van der Waals surface area (Å²) in [7, 11) is 1.70. The van der Waals surface area contributed by atoms with Crippen molar-refractivity contribution in [1.82, 2.24) is 10.2 Å². The number of hydrogen-bond acceptors (Lipinski definition) is 4. The minimum Gasteiger partial charge on any atom is -0.497 e. The van der Waals surface area contributed by atoms with Crippen molar-refractivity contribution in [2.24, 2.45) is 0 Å². The van der Waals surface area contributed by atoms with Gasteiger partial charge in [0.25, 0.3) is 5.91 Å². The lowest BCUT2D eigenvalue weighted by Gasteiger charge is -2.36. The van der Waals surface area contributed by atoms with Crippen LogP contribution in [-0.2, 0) is 13.1 Å². The van der Waals surface area contributed by atoms with Gasteiger partial charge in [-0.15, -0.1) is 0 Å². The number of piperazine rings is 1. The van der Waals surface area contributed by atoms with Crippen LogP contribution in [0.25, 0.3) is 0 Å². The molecule has 5 nitrogen and oxygen atoms in total. The zero-order chi connectivity index (χ0) is 21.5. The zero-order valence-corrected chi connectivity index (χ0v) is 18.0. The van der Waals surface area contributed by atoms with Crippen LogP contribution in [0.15, 0.2) is 78.9 Å². The molecule has 0 radical (unpaired) electrons. The number of carbonyl (C=O) groups excluding carboxylic acids is 1. The molecule has 31 heavy (non-hydrogen) atoms. The Hall–Kier alpha value is -3.31. The number of hydrogen-bond donors (Lipinski definition) is 1. The summed E-state index contributed by atoms with van der Waals surface area (Å²) < 4.78 is 5.35. The van der Waals surface area contributed by atoms with Crippen molar-refractivity contribution in [2.75, 3.05) is 38.2 Å². The van der Waals surface area contributed by atoms with E-state index in [1.807, 2.05) is 60.7 Å². The summed E-state index contributed by atoms with van der Waals surface area (Å²) in [5.74, 6) is 0.857. The molecule has 0 spiro atoms. The van der Waals surface area contributed by atoms with Crippen LogP contribution >= 0.6 is 0 Å². The van der Waals surface area contributed by atoms with E-state index in [1.54, 1.807) is 7.11 Å². The van der Waals surface area contributed by atoms with E-state index < -0.39 is 0 Å². The van der Waals surface area contributed by atoms with Gasteiger partial charge in [-0.25, -0.2) is 0 Å². The molecular weight excluding hydrogens is 386 g/mol. The number of carbonyl (C=O) groups is 1. The van der Waals surface area contributed by atoms with Gasteiger partial charge < -0.3 is 15.0 Å². The average Bonchev–Trinajstić information content (AvgIpc) is 2.84. The Morgan fingerprint density at radius 3 is 2.39 bits per heavy atom. The van der Waals surface area contributed by atoms with Gasteiger partial charge in [0.2, 0.25) is 0 Å². The molecule has 4 rings (SSSR count). The third-order valence-corrected chi connectivity index (χ3v) is 5.68. The first-order valence-electron chi connectivity index (χ1n) is 10.7. The first-order chi connectivity index (χ1) is 15.2. The normalized spacial score (nSPS) is 14.3. The van der Waals surface area contributed by atoms with Crippen molar-refractivity contribution >= 4 is 11.6 Å². The molecular formula is C26H29N3O2. The van der Waals surface area contributed by atoms with Crippen molar-refractivity contribution in [3.05, 3.63) is 95.6 Å². The molecule has 0 bridgehead atoms. The maximum atomic E-state index is 12.6. The Morgan fingerprint density at radius 2 is 1.61 bits per heavy atom. The smallest absolute Gasteiger partial charge is 0.251 e. The highest BCUT2D eigenvalue weighted by Crippen LogP contribution is 2.22. The number of nitrogens with one attached hydrogen (secondary N) is 1. The van der Waals surface area contributed by atoms with Crippen molar-refractivity contribution in [3.63, 3.8) is 0 Å². The molecule has 0 aliphatic carbocycles. The molecule has 1 aliphatic heterocycles. The molecule has 1 heterocycles. The Morgan fingerprint density at radius 1 is 0.871 bits per heavy atom.